The third-order valence-corrected chi connectivity index (χ3v) is 4.32. The third kappa shape index (κ3) is 4.95. The predicted molar refractivity (Wildman–Crippen MR) is 88.7 cm³/mol. The zero-order chi connectivity index (χ0) is 16.8. The van der Waals surface area contributed by atoms with Gasteiger partial charge in [-0.05, 0) is 19.8 Å². The van der Waals surface area contributed by atoms with Crippen LogP contribution in [-0.2, 0) is 11.2 Å². The fraction of sp³-hybridized carbons (Fsp3) is 0.467. The summed E-state index contributed by atoms with van der Waals surface area (Å²) in [6.45, 7) is 5.68. The van der Waals surface area contributed by atoms with Gasteiger partial charge in [-0.25, -0.2) is 4.98 Å². The maximum atomic E-state index is 12.3. The van der Waals surface area contributed by atoms with Gasteiger partial charge in [-0.1, -0.05) is 37.2 Å². The van der Waals surface area contributed by atoms with E-state index < -0.39 is 0 Å². The molecule has 2 heterocycles. The molecule has 0 spiro atoms. The van der Waals surface area contributed by atoms with Gasteiger partial charge in [-0.2, -0.15) is 0 Å². The van der Waals surface area contributed by atoms with Crippen molar-refractivity contribution in [2.24, 2.45) is 0 Å². The Morgan fingerprint density at radius 2 is 2.22 bits per heavy atom. The molecule has 23 heavy (non-hydrogen) atoms. The Bertz CT molecular complexity index is 726. The molecular weight excluding hydrogens is 316 g/mol. The van der Waals surface area contributed by atoms with Crippen LogP contribution < -0.4 is 10.9 Å². The Hall–Kier alpha value is -2.09. The van der Waals surface area contributed by atoms with E-state index in [1.54, 1.807) is 13.0 Å². The zero-order valence-electron chi connectivity index (χ0n) is 13.4. The molecule has 2 rings (SSSR count). The first kappa shape index (κ1) is 17.3. The highest BCUT2D eigenvalue weighted by molar-refractivity contribution is 8.00. The van der Waals surface area contributed by atoms with Gasteiger partial charge in [0.25, 0.3) is 5.56 Å². The van der Waals surface area contributed by atoms with E-state index in [4.69, 9.17) is 4.52 Å². The van der Waals surface area contributed by atoms with Gasteiger partial charge in [0.15, 0.2) is 11.0 Å². The van der Waals surface area contributed by atoms with Crippen molar-refractivity contribution in [2.45, 2.75) is 50.4 Å². The lowest BCUT2D eigenvalue weighted by atomic mass is 10.2. The Morgan fingerprint density at radius 1 is 1.43 bits per heavy atom. The molecule has 1 amide bonds. The zero-order valence-corrected chi connectivity index (χ0v) is 14.2. The number of hydrogen-bond donors (Lipinski definition) is 2. The molecule has 2 N–H and O–H groups in total. The number of anilines is 1. The number of carbonyl (C=O) groups is 1. The molecule has 124 valence electrons. The van der Waals surface area contributed by atoms with Gasteiger partial charge in [0, 0.05) is 17.8 Å². The lowest BCUT2D eigenvalue weighted by Gasteiger charge is -2.13. The third-order valence-electron chi connectivity index (χ3n) is 3.08. The van der Waals surface area contributed by atoms with Gasteiger partial charge in [-0.3, -0.25) is 9.59 Å². The van der Waals surface area contributed by atoms with E-state index in [2.05, 4.69) is 20.4 Å². The van der Waals surface area contributed by atoms with Crippen molar-refractivity contribution in [3.63, 3.8) is 0 Å². The molecule has 0 saturated carbocycles. The second kappa shape index (κ2) is 7.96. The van der Waals surface area contributed by atoms with Crippen LogP contribution in [0.4, 0.5) is 5.82 Å². The molecule has 1 atom stereocenters. The molecule has 0 saturated heterocycles. The van der Waals surface area contributed by atoms with Crippen LogP contribution in [0.15, 0.2) is 26.6 Å². The van der Waals surface area contributed by atoms with Crippen LogP contribution in [0.2, 0.25) is 0 Å². The highest BCUT2D eigenvalue weighted by atomic mass is 32.2. The minimum absolute atomic E-state index is 0.200. The van der Waals surface area contributed by atoms with Gasteiger partial charge in [-0.15, -0.1) is 0 Å². The van der Waals surface area contributed by atoms with Crippen LogP contribution in [0.1, 0.15) is 38.1 Å². The van der Waals surface area contributed by atoms with E-state index in [9.17, 15) is 9.59 Å². The number of nitrogens with one attached hydrogen (secondary N) is 2. The fourth-order valence-electron chi connectivity index (χ4n) is 2.01. The maximum Gasteiger partial charge on any atom is 0.251 e. The molecule has 0 aliphatic rings. The minimum Gasteiger partial charge on any atom is -0.360 e. The largest absolute Gasteiger partial charge is 0.360 e. The molecule has 0 aliphatic carbocycles. The highest BCUT2D eigenvalue weighted by Gasteiger charge is 2.20. The SMILES string of the molecule is CCCc1cc(=O)[nH]c(S[C@H](CC)C(=O)Nc2cc(C)on2)n1. The van der Waals surface area contributed by atoms with Crippen LogP contribution in [0.25, 0.3) is 0 Å². The molecule has 0 aromatic carbocycles. The number of aryl methyl sites for hydroxylation is 2. The van der Waals surface area contributed by atoms with Crippen LogP contribution in [-0.4, -0.2) is 26.3 Å². The van der Waals surface area contributed by atoms with Crippen molar-refractivity contribution < 1.29 is 9.32 Å². The van der Waals surface area contributed by atoms with Gasteiger partial charge >= 0.3 is 0 Å². The number of H-pyrrole nitrogens is 1. The highest BCUT2D eigenvalue weighted by Crippen LogP contribution is 2.23. The van der Waals surface area contributed by atoms with E-state index in [0.717, 1.165) is 18.5 Å². The van der Waals surface area contributed by atoms with Crippen molar-refractivity contribution in [3.05, 3.63) is 33.9 Å². The van der Waals surface area contributed by atoms with Crippen molar-refractivity contribution in [1.29, 1.82) is 0 Å². The molecule has 7 nitrogen and oxygen atoms in total. The lowest BCUT2D eigenvalue weighted by Crippen LogP contribution is -2.25. The number of amides is 1. The lowest BCUT2D eigenvalue weighted by molar-refractivity contribution is -0.115. The summed E-state index contributed by atoms with van der Waals surface area (Å²) < 4.78 is 4.92. The van der Waals surface area contributed by atoms with Gasteiger partial charge in [0.1, 0.15) is 5.76 Å². The summed E-state index contributed by atoms with van der Waals surface area (Å²) in [7, 11) is 0. The monoisotopic (exact) mass is 336 g/mol. The standard InChI is InChI=1S/C15H20N4O3S/c1-4-6-10-8-13(20)18-15(16-10)23-11(5-2)14(21)17-12-7-9(3)22-19-12/h7-8,11H,4-6H2,1-3H3,(H,16,18,20)(H,17,19,21)/t11-/m1/s1. The van der Waals surface area contributed by atoms with Crippen LogP contribution >= 0.6 is 11.8 Å². The quantitative estimate of drug-likeness (QED) is 0.595. The smallest absolute Gasteiger partial charge is 0.251 e. The van der Waals surface area contributed by atoms with Crippen LogP contribution in [0.3, 0.4) is 0 Å². The van der Waals surface area contributed by atoms with Crippen molar-refractivity contribution in [2.75, 3.05) is 5.32 Å². The number of carbonyl (C=O) groups excluding carboxylic acids is 1. The van der Waals surface area contributed by atoms with Crippen molar-refractivity contribution >= 4 is 23.5 Å². The average Bonchev–Trinajstić information content (AvgIpc) is 2.89. The average molecular weight is 336 g/mol. The minimum atomic E-state index is -0.382. The number of rotatable bonds is 7. The first-order valence-corrected chi connectivity index (χ1v) is 8.40. The molecule has 0 bridgehead atoms. The molecular formula is C15H20N4O3S. The number of aromatic amines is 1. The summed E-state index contributed by atoms with van der Waals surface area (Å²) >= 11 is 1.24. The summed E-state index contributed by atoms with van der Waals surface area (Å²) in [5.41, 5.74) is 0.537. The van der Waals surface area contributed by atoms with Crippen molar-refractivity contribution in [3.8, 4) is 0 Å². The van der Waals surface area contributed by atoms with E-state index in [1.807, 2.05) is 13.8 Å². The maximum absolute atomic E-state index is 12.3. The van der Waals surface area contributed by atoms with E-state index in [0.29, 0.717) is 23.2 Å². The second-order valence-electron chi connectivity index (χ2n) is 5.12. The Morgan fingerprint density at radius 3 is 2.83 bits per heavy atom. The predicted octanol–water partition coefficient (Wildman–Crippen LogP) is 2.53. The van der Waals surface area contributed by atoms with Crippen LogP contribution in [0, 0.1) is 6.92 Å². The van der Waals surface area contributed by atoms with E-state index >= 15 is 0 Å². The first-order chi connectivity index (χ1) is 11.0. The number of thioether (sulfide) groups is 1. The second-order valence-corrected chi connectivity index (χ2v) is 6.31. The summed E-state index contributed by atoms with van der Waals surface area (Å²) in [6.07, 6.45) is 2.23. The van der Waals surface area contributed by atoms with E-state index in [1.165, 1.54) is 17.8 Å². The summed E-state index contributed by atoms with van der Waals surface area (Å²) in [5, 5.41) is 6.52. The Kier molecular flexibility index (Phi) is 5.97. The fourth-order valence-corrected chi connectivity index (χ4v) is 2.94. The van der Waals surface area contributed by atoms with Gasteiger partial charge < -0.3 is 14.8 Å². The molecule has 0 unspecified atom stereocenters. The molecule has 0 aliphatic heterocycles. The summed E-state index contributed by atoms with van der Waals surface area (Å²) in [6, 6.07) is 3.14. The van der Waals surface area contributed by atoms with Crippen molar-refractivity contribution in [1.82, 2.24) is 15.1 Å². The van der Waals surface area contributed by atoms with Crippen LogP contribution in [0.5, 0.6) is 0 Å². The molecule has 8 heteroatoms. The molecule has 2 aromatic heterocycles. The molecule has 2 aromatic rings. The normalized spacial score (nSPS) is 12.1. The van der Waals surface area contributed by atoms with Gasteiger partial charge in [0.2, 0.25) is 5.91 Å². The summed E-state index contributed by atoms with van der Waals surface area (Å²) in [4.78, 5) is 31.1. The number of hydrogen-bond acceptors (Lipinski definition) is 6. The molecule has 0 radical (unpaired) electrons. The first-order valence-electron chi connectivity index (χ1n) is 7.52. The topological polar surface area (TPSA) is 101 Å². The Balaban J connectivity index is 2.09. The molecule has 0 fully saturated rings. The number of aromatic nitrogens is 3. The van der Waals surface area contributed by atoms with Gasteiger partial charge in [0.05, 0.1) is 5.25 Å². The number of nitrogens with zero attached hydrogens (tertiary/aromatic N) is 2. The summed E-state index contributed by atoms with van der Waals surface area (Å²) in [5.74, 6) is 0.807. The Labute approximate surface area is 138 Å². The van der Waals surface area contributed by atoms with E-state index in [-0.39, 0.29) is 16.7 Å².